The Kier molecular flexibility index (Phi) is 5.80. The van der Waals surface area contributed by atoms with E-state index < -0.39 is 5.92 Å². The van der Waals surface area contributed by atoms with Gasteiger partial charge in [-0.05, 0) is 12.8 Å². The fourth-order valence-corrected chi connectivity index (χ4v) is 3.33. The van der Waals surface area contributed by atoms with Gasteiger partial charge in [-0.25, -0.2) is 8.78 Å². The van der Waals surface area contributed by atoms with E-state index in [9.17, 15) is 8.78 Å². The van der Waals surface area contributed by atoms with Gasteiger partial charge in [-0.2, -0.15) is 0 Å². The van der Waals surface area contributed by atoms with Gasteiger partial charge in [-0.3, -0.25) is 0 Å². The molecule has 0 aromatic carbocycles. The molecule has 0 spiro atoms. The standard InChI is InChI=1S/C13H21F2N3OS/c1-19-9-8-16-7-4-11-17-18-12(20-11)10-2-5-13(14,15)6-3-10/h10,16H,2-9H2,1H3. The lowest BCUT2D eigenvalue weighted by Crippen LogP contribution is -2.23. The number of ether oxygens (including phenoxy) is 1. The Labute approximate surface area is 121 Å². The SMILES string of the molecule is COCCNCCc1nnc(C2CCC(F)(F)CC2)s1. The lowest BCUT2D eigenvalue weighted by Gasteiger charge is -2.26. The van der Waals surface area contributed by atoms with Crippen molar-refractivity contribution in [3.63, 3.8) is 0 Å². The molecule has 4 nitrogen and oxygen atoms in total. The van der Waals surface area contributed by atoms with E-state index in [1.165, 1.54) is 0 Å². The molecule has 1 heterocycles. The van der Waals surface area contributed by atoms with Gasteiger partial charge < -0.3 is 10.1 Å². The van der Waals surface area contributed by atoms with Gasteiger partial charge in [0, 0.05) is 45.4 Å². The van der Waals surface area contributed by atoms with E-state index in [-0.39, 0.29) is 18.8 Å². The van der Waals surface area contributed by atoms with Crippen molar-refractivity contribution in [1.82, 2.24) is 15.5 Å². The number of aromatic nitrogens is 2. The topological polar surface area (TPSA) is 47.0 Å². The highest BCUT2D eigenvalue weighted by Crippen LogP contribution is 2.41. The first-order valence-electron chi connectivity index (χ1n) is 7.00. The number of nitrogens with one attached hydrogen (secondary N) is 1. The average molecular weight is 305 g/mol. The second kappa shape index (κ2) is 7.38. The number of alkyl halides is 2. The maximum atomic E-state index is 13.1. The van der Waals surface area contributed by atoms with Crippen LogP contribution in [0.15, 0.2) is 0 Å². The zero-order valence-corrected chi connectivity index (χ0v) is 12.5. The van der Waals surface area contributed by atoms with Gasteiger partial charge in [-0.15, -0.1) is 21.5 Å². The van der Waals surface area contributed by atoms with Crippen LogP contribution >= 0.6 is 11.3 Å². The van der Waals surface area contributed by atoms with Crippen molar-refractivity contribution in [2.24, 2.45) is 0 Å². The highest BCUT2D eigenvalue weighted by Gasteiger charge is 2.36. The summed E-state index contributed by atoms with van der Waals surface area (Å²) in [4.78, 5) is 0. The molecule has 0 radical (unpaired) electrons. The van der Waals surface area contributed by atoms with E-state index in [4.69, 9.17) is 4.74 Å². The molecule has 114 valence electrons. The molecule has 0 atom stereocenters. The van der Waals surface area contributed by atoms with Gasteiger partial charge in [-0.1, -0.05) is 0 Å². The Bertz CT molecular complexity index is 404. The first-order chi connectivity index (χ1) is 9.61. The minimum absolute atomic E-state index is 0.0227. The first kappa shape index (κ1) is 15.7. The van der Waals surface area contributed by atoms with Gasteiger partial charge in [0.2, 0.25) is 5.92 Å². The molecular formula is C13H21F2N3OS. The Hall–Kier alpha value is -0.660. The van der Waals surface area contributed by atoms with Crippen molar-refractivity contribution in [2.75, 3.05) is 26.8 Å². The third-order valence-corrected chi connectivity index (χ3v) is 4.69. The maximum Gasteiger partial charge on any atom is 0.248 e. The number of nitrogens with zero attached hydrogens (tertiary/aromatic N) is 2. The Balaban J connectivity index is 1.75. The van der Waals surface area contributed by atoms with Crippen molar-refractivity contribution in [1.29, 1.82) is 0 Å². The summed E-state index contributed by atoms with van der Waals surface area (Å²) in [5.74, 6) is -2.31. The van der Waals surface area contributed by atoms with Gasteiger partial charge in [0.1, 0.15) is 10.0 Å². The molecule has 0 unspecified atom stereocenters. The molecule has 1 aliphatic rings. The van der Waals surface area contributed by atoms with Gasteiger partial charge in [0.15, 0.2) is 0 Å². The van der Waals surface area contributed by atoms with E-state index in [1.807, 2.05) is 0 Å². The monoisotopic (exact) mass is 305 g/mol. The second-order valence-corrected chi connectivity index (χ2v) is 6.25. The third kappa shape index (κ3) is 4.71. The average Bonchev–Trinajstić information content (AvgIpc) is 2.87. The van der Waals surface area contributed by atoms with Crippen LogP contribution in [0.25, 0.3) is 0 Å². The number of halogens is 2. The van der Waals surface area contributed by atoms with E-state index in [0.717, 1.165) is 29.5 Å². The summed E-state index contributed by atoms with van der Waals surface area (Å²) in [7, 11) is 1.67. The van der Waals surface area contributed by atoms with Crippen molar-refractivity contribution in [3.8, 4) is 0 Å². The maximum absolute atomic E-state index is 13.1. The fraction of sp³-hybridized carbons (Fsp3) is 0.846. The molecule has 7 heteroatoms. The summed E-state index contributed by atoms with van der Waals surface area (Å²) in [5.41, 5.74) is 0. The van der Waals surface area contributed by atoms with Crippen molar-refractivity contribution in [2.45, 2.75) is 43.9 Å². The normalized spacial score (nSPS) is 19.4. The highest BCUT2D eigenvalue weighted by atomic mass is 32.1. The zero-order chi connectivity index (χ0) is 14.4. The fourth-order valence-electron chi connectivity index (χ4n) is 2.31. The zero-order valence-electron chi connectivity index (χ0n) is 11.7. The van der Waals surface area contributed by atoms with Crippen LogP contribution in [-0.2, 0) is 11.2 Å². The molecule has 1 aliphatic carbocycles. The van der Waals surface area contributed by atoms with Crippen LogP contribution in [0.2, 0.25) is 0 Å². The van der Waals surface area contributed by atoms with Crippen LogP contribution in [0.4, 0.5) is 8.78 Å². The van der Waals surface area contributed by atoms with E-state index in [0.29, 0.717) is 19.4 Å². The summed E-state index contributed by atoms with van der Waals surface area (Å²) in [6, 6.07) is 0. The molecule has 1 aromatic rings. The molecule has 1 fully saturated rings. The molecule has 1 N–H and O–H groups in total. The smallest absolute Gasteiger partial charge is 0.248 e. The summed E-state index contributed by atoms with van der Waals surface area (Å²) in [5, 5.41) is 13.5. The second-order valence-electron chi connectivity index (χ2n) is 5.16. The predicted molar refractivity (Wildman–Crippen MR) is 74.5 cm³/mol. The predicted octanol–water partition coefficient (Wildman–Crippen LogP) is 2.61. The summed E-state index contributed by atoms with van der Waals surface area (Å²) in [6.45, 7) is 2.35. The molecule has 0 aliphatic heterocycles. The number of hydrogen-bond acceptors (Lipinski definition) is 5. The third-order valence-electron chi connectivity index (χ3n) is 3.55. The molecule has 2 rings (SSSR count). The Morgan fingerprint density at radius 1 is 1.30 bits per heavy atom. The number of methoxy groups -OCH3 is 1. The van der Waals surface area contributed by atoms with Crippen LogP contribution in [-0.4, -0.2) is 42.9 Å². The summed E-state index contributed by atoms with van der Waals surface area (Å²) >= 11 is 1.56. The van der Waals surface area contributed by atoms with Crippen LogP contribution in [0.1, 0.15) is 41.6 Å². The van der Waals surface area contributed by atoms with E-state index >= 15 is 0 Å². The van der Waals surface area contributed by atoms with Gasteiger partial charge >= 0.3 is 0 Å². The lowest BCUT2D eigenvalue weighted by molar-refractivity contribution is -0.0382. The van der Waals surface area contributed by atoms with E-state index in [2.05, 4.69) is 15.5 Å². The molecule has 0 bridgehead atoms. The summed E-state index contributed by atoms with van der Waals surface area (Å²) in [6.07, 6.45) is 1.82. The van der Waals surface area contributed by atoms with Crippen LogP contribution in [0, 0.1) is 0 Å². The van der Waals surface area contributed by atoms with Gasteiger partial charge in [0.25, 0.3) is 0 Å². The Morgan fingerprint density at radius 2 is 2.05 bits per heavy atom. The molecule has 1 saturated carbocycles. The number of hydrogen-bond donors (Lipinski definition) is 1. The quantitative estimate of drug-likeness (QED) is 0.787. The van der Waals surface area contributed by atoms with Crippen LogP contribution < -0.4 is 5.32 Å². The molecule has 1 aromatic heterocycles. The van der Waals surface area contributed by atoms with Crippen molar-refractivity contribution >= 4 is 11.3 Å². The largest absolute Gasteiger partial charge is 0.383 e. The number of rotatable bonds is 7. The van der Waals surface area contributed by atoms with Crippen LogP contribution in [0.5, 0.6) is 0 Å². The van der Waals surface area contributed by atoms with Crippen LogP contribution in [0.3, 0.4) is 0 Å². The van der Waals surface area contributed by atoms with Crippen molar-refractivity contribution in [3.05, 3.63) is 10.0 Å². The highest BCUT2D eigenvalue weighted by molar-refractivity contribution is 7.11. The molecular weight excluding hydrogens is 284 g/mol. The molecule has 0 saturated heterocycles. The van der Waals surface area contributed by atoms with Gasteiger partial charge in [0.05, 0.1) is 6.61 Å². The molecule has 20 heavy (non-hydrogen) atoms. The summed E-state index contributed by atoms with van der Waals surface area (Å²) < 4.78 is 31.2. The minimum Gasteiger partial charge on any atom is -0.383 e. The minimum atomic E-state index is -2.48. The van der Waals surface area contributed by atoms with Crippen molar-refractivity contribution < 1.29 is 13.5 Å². The molecule has 0 amide bonds. The van der Waals surface area contributed by atoms with E-state index in [1.54, 1.807) is 18.4 Å². The first-order valence-corrected chi connectivity index (χ1v) is 7.82. The lowest BCUT2D eigenvalue weighted by atomic mass is 9.87. The Morgan fingerprint density at radius 3 is 2.75 bits per heavy atom.